The van der Waals surface area contributed by atoms with Crippen LogP contribution >= 0.6 is 0 Å². The van der Waals surface area contributed by atoms with Crippen LogP contribution in [0.15, 0.2) is 11.6 Å². The predicted molar refractivity (Wildman–Crippen MR) is 120 cm³/mol. The summed E-state index contributed by atoms with van der Waals surface area (Å²) < 4.78 is 24.5. The van der Waals surface area contributed by atoms with E-state index in [-0.39, 0.29) is 24.4 Å². The lowest BCUT2D eigenvalue weighted by molar-refractivity contribution is -0.451. The van der Waals surface area contributed by atoms with Gasteiger partial charge in [0.15, 0.2) is 5.79 Å². The summed E-state index contributed by atoms with van der Waals surface area (Å²) in [5.74, 6) is -1.68. The standard InChI is InChI=1S/C26H38O8/c1-15(32-16(2)28)19-8-9-25(30)20-7-6-18-12-24(31-5)11-10-22(18,4)26(20,34-24)21(33-17(3)29)13-23(19,25)14-27/h8,15,18,20-21,27,30H,6-7,9-14H2,1-5H3. The van der Waals surface area contributed by atoms with Crippen LogP contribution in [-0.2, 0) is 28.5 Å². The molecule has 0 aromatic carbocycles. The van der Waals surface area contributed by atoms with Gasteiger partial charge in [0.25, 0.3) is 0 Å². The second kappa shape index (κ2) is 7.51. The van der Waals surface area contributed by atoms with Crippen molar-refractivity contribution in [3.63, 3.8) is 0 Å². The molecule has 2 N–H and O–H groups in total. The summed E-state index contributed by atoms with van der Waals surface area (Å²) in [5, 5.41) is 23.4. The van der Waals surface area contributed by atoms with Crippen molar-refractivity contribution in [2.75, 3.05) is 13.7 Å². The number of methoxy groups -OCH3 is 1. The van der Waals surface area contributed by atoms with Gasteiger partial charge in [-0.25, -0.2) is 0 Å². The molecule has 8 heteroatoms. The van der Waals surface area contributed by atoms with Crippen molar-refractivity contribution in [1.29, 1.82) is 0 Å². The fourth-order valence-corrected chi connectivity index (χ4v) is 8.97. The molecule has 0 amide bonds. The van der Waals surface area contributed by atoms with Gasteiger partial charge in [-0.05, 0) is 44.1 Å². The van der Waals surface area contributed by atoms with Gasteiger partial charge in [0.2, 0.25) is 0 Å². The van der Waals surface area contributed by atoms with Crippen LogP contribution in [0.3, 0.4) is 0 Å². The highest BCUT2D eigenvalue weighted by Gasteiger charge is 2.81. The van der Waals surface area contributed by atoms with Crippen LogP contribution in [-0.4, -0.2) is 65.1 Å². The van der Waals surface area contributed by atoms with Crippen LogP contribution < -0.4 is 0 Å². The third-order valence-corrected chi connectivity index (χ3v) is 10.4. The average molecular weight is 479 g/mol. The summed E-state index contributed by atoms with van der Waals surface area (Å²) in [5.41, 5.74) is -2.99. The minimum absolute atomic E-state index is 0.190. The molecule has 0 radical (unpaired) electrons. The first-order valence-corrected chi connectivity index (χ1v) is 12.6. The molecule has 8 nitrogen and oxygen atoms in total. The molecule has 4 bridgehead atoms. The topological polar surface area (TPSA) is 112 Å². The molecule has 2 heterocycles. The number of rotatable bonds is 5. The van der Waals surface area contributed by atoms with E-state index in [0.29, 0.717) is 24.3 Å². The average Bonchev–Trinajstić information content (AvgIpc) is 3.06. The zero-order chi connectivity index (χ0) is 24.7. The van der Waals surface area contributed by atoms with E-state index in [1.807, 2.05) is 6.08 Å². The van der Waals surface area contributed by atoms with Gasteiger partial charge in [-0.2, -0.15) is 0 Å². The second-order valence-corrected chi connectivity index (χ2v) is 11.5. The molecule has 34 heavy (non-hydrogen) atoms. The number of hydrogen-bond acceptors (Lipinski definition) is 8. The highest BCUT2D eigenvalue weighted by atomic mass is 16.7. The summed E-state index contributed by atoms with van der Waals surface area (Å²) in [7, 11) is 1.67. The molecule has 5 fully saturated rings. The van der Waals surface area contributed by atoms with Crippen molar-refractivity contribution >= 4 is 11.9 Å². The molecule has 9 atom stereocenters. The molecule has 3 saturated carbocycles. The highest BCUT2D eigenvalue weighted by molar-refractivity contribution is 5.67. The number of hydrogen-bond donors (Lipinski definition) is 2. The first kappa shape index (κ1) is 24.2. The Morgan fingerprint density at radius 1 is 1.21 bits per heavy atom. The minimum atomic E-state index is -1.33. The number of aliphatic hydroxyl groups excluding tert-OH is 1. The number of esters is 2. The van der Waals surface area contributed by atoms with E-state index in [0.717, 1.165) is 25.7 Å². The van der Waals surface area contributed by atoms with Gasteiger partial charge in [-0.15, -0.1) is 0 Å². The molecule has 6 aliphatic rings. The third kappa shape index (κ3) is 2.74. The maximum Gasteiger partial charge on any atom is 0.303 e. The van der Waals surface area contributed by atoms with Crippen molar-refractivity contribution in [3.05, 3.63) is 11.6 Å². The summed E-state index contributed by atoms with van der Waals surface area (Å²) in [6.07, 6.45) is 5.12. The van der Waals surface area contributed by atoms with Gasteiger partial charge >= 0.3 is 11.9 Å². The molecule has 9 unspecified atom stereocenters. The van der Waals surface area contributed by atoms with E-state index < -0.39 is 46.6 Å². The second-order valence-electron chi connectivity index (χ2n) is 11.5. The van der Waals surface area contributed by atoms with E-state index in [1.54, 1.807) is 14.0 Å². The maximum absolute atomic E-state index is 12.6. The normalized spacial score (nSPS) is 49.5. The molecule has 1 spiro atoms. The molecule has 2 aliphatic heterocycles. The lowest BCUT2D eigenvalue weighted by Gasteiger charge is -2.75. The van der Waals surface area contributed by atoms with E-state index in [2.05, 4.69) is 6.92 Å². The first-order valence-electron chi connectivity index (χ1n) is 12.6. The van der Waals surface area contributed by atoms with Crippen molar-refractivity contribution in [2.45, 2.75) is 102 Å². The highest BCUT2D eigenvalue weighted by Crippen LogP contribution is 2.75. The smallest absolute Gasteiger partial charge is 0.303 e. The summed E-state index contributed by atoms with van der Waals surface area (Å²) in [6.45, 7) is 6.37. The summed E-state index contributed by atoms with van der Waals surface area (Å²) in [4.78, 5) is 24.2. The molecule has 0 aromatic heterocycles. The fourth-order valence-electron chi connectivity index (χ4n) is 8.97. The zero-order valence-electron chi connectivity index (χ0n) is 20.9. The predicted octanol–water partition coefficient (Wildman–Crippen LogP) is 2.64. The van der Waals surface area contributed by atoms with Crippen molar-refractivity contribution in [2.24, 2.45) is 22.7 Å². The Hall–Kier alpha value is -1.48. The Bertz CT molecular complexity index is 932. The van der Waals surface area contributed by atoms with Crippen LogP contribution in [0, 0.1) is 22.7 Å². The van der Waals surface area contributed by atoms with Crippen molar-refractivity contribution < 1.29 is 38.7 Å². The number of carbonyl (C=O) groups is 2. The third-order valence-electron chi connectivity index (χ3n) is 10.4. The van der Waals surface area contributed by atoms with Crippen LogP contribution in [0.25, 0.3) is 0 Å². The van der Waals surface area contributed by atoms with Crippen molar-refractivity contribution in [3.8, 4) is 0 Å². The number of fused-ring (bicyclic) bond motifs is 3. The van der Waals surface area contributed by atoms with Crippen LogP contribution in [0.2, 0.25) is 0 Å². The monoisotopic (exact) mass is 478 g/mol. The Kier molecular flexibility index (Phi) is 5.35. The zero-order valence-corrected chi connectivity index (χ0v) is 20.9. The summed E-state index contributed by atoms with van der Waals surface area (Å²) >= 11 is 0. The van der Waals surface area contributed by atoms with E-state index in [1.165, 1.54) is 13.8 Å². The van der Waals surface area contributed by atoms with Gasteiger partial charge < -0.3 is 29.2 Å². The molecule has 2 saturated heterocycles. The van der Waals surface area contributed by atoms with Gasteiger partial charge in [0, 0.05) is 51.6 Å². The van der Waals surface area contributed by atoms with Crippen LogP contribution in [0.4, 0.5) is 0 Å². The van der Waals surface area contributed by atoms with E-state index >= 15 is 0 Å². The van der Waals surface area contributed by atoms with Gasteiger partial charge in [0.05, 0.1) is 17.6 Å². The Morgan fingerprint density at radius 2 is 1.94 bits per heavy atom. The Balaban J connectivity index is 1.68. The quantitative estimate of drug-likeness (QED) is 0.458. The lowest BCUT2D eigenvalue weighted by Crippen LogP contribution is -2.83. The minimum Gasteiger partial charge on any atom is -0.459 e. The summed E-state index contributed by atoms with van der Waals surface area (Å²) in [6, 6.07) is 0. The maximum atomic E-state index is 12.6. The number of carbonyl (C=O) groups excluding carboxylic acids is 2. The molecule has 0 aromatic rings. The number of ether oxygens (including phenoxy) is 4. The van der Waals surface area contributed by atoms with E-state index in [4.69, 9.17) is 18.9 Å². The van der Waals surface area contributed by atoms with Crippen LogP contribution in [0.1, 0.15) is 72.6 Å². The molecule has 4 aliphatic carbocycles. The van der Waals surface area contributed by atoms with Gasteiger partial charge in [-0.3, -0.25) is 9.59 Å². The van der Waals surface area contributed by atoms with Crippen LogP contribution in [0.5, 0.6) is 0 Å². The van der Waals surface area contributed by atoms with Gasteiger partial charge in [0.1, 0.15) is 17.8 Å². The Morgan fingerprint density at radius 3 is 2.56 bits per heavy atom. The molecular formula is C26H38O8. The molecular weight excluding hydrogens is 440 g/mol. The largest absolute Gasteiger partial charge is 0.459 e. The van der Waals surface area contributed by atoms with Gasteiger partial charge in [-0.1, -0.05) is 13.0 Å². The Labute approximate surface area is 201 Å². The molecule has 6 rings (SSSR count). The first-order chi connectivity index (χ1) is 15.9. The SMILES string of the molecule is COC12CCC3(C)C(CCC4C5(O)CC=C(C(C)OC(C)=O)C5(CO)CC(OC(C)=O)C43O1)C2. The number of aliphatic hydroxyl groups is 2. The lowest BCUT2D eigenvalue weighted by atomic mass is 9.38. The fraction of sp³-hybridized carbons (Fsp3) is 0.846. The van der Waals surface area contributed by atoms with Crippen molar-refractivity contribution in [1.82, 2.24) is 0 Å². The van der Waals surface area contributed by atoms with E-state index in [9.17, 15) is 19.8 Å². The molecule has 190 valence electrons.